The molecule has 0 aromatic heterocycles. The van der Waals surface area contributed by atoms with Gasteiger partial charge in [0.05, 0.1) is 0 Å². The molecule has 2 aliphatic carbocycles. The minimum atomic E-state index is -0.783. The highest BCUT2D eigenvalue weighted by Crippen LogP contribution is 2.38. The SMILES string of the molecule is CC1CCC(N(C)C(=O)CN2C(=O)N[C@]3(CCCC[C@@H]3C)C2=O)CC1. The summed E-state index contributed by atoms with van der Waals surface area (Å²) < 4.78 is 0. The van der Waals surface area contributed by atoms with Crippen LogP contribution >= 0.6 is 0 Å². The molecular formula is C19H31N3O3. The Morgan fingerprint density at radius 2 is 1.84 bits per heavy atom. The molecule has 0 aromatic rings. The van der Waals surface area contributed by atoms with Crippen molar-refractivity contribution in [2.75, 3.05) is 13.6 Å². The van der Waals surface area contributed by atoms with Gasteiger partial charge in [0.15, 0.2) is 0 Å². The molecular weight excluding hydrogens is 318 g/mol. The van der Waals surface area contributed by atoms with Gasteiger partial charge in [0.2, 0.25) is 5.91 Å². The molecule has 6 nitrogen and oxygen atoms in total. The third-order valence-electron chi connectivity index (χ3n) is 6.72. The number of rotatable bonds is 3. The van der Waals surface area contributed by atoms with Gasteiger partial charge < -0.3 is 10.2 Å². The molecule has 3 rings (SSSR count). The van der Waals surface area contributed by atoms with Gasteiger partial charge in [-0.3, -0.25) is 14.5 Å². The molecule has 0 unspecified atom stereocenters. The Kier molecular flexibility index (Phi) is 5.07. The molecule has 0 bridgehead atoms. The van der Waals surface area contributed by atoms with Gasteiger partial charge in [-0.2, -0.15) is 0 Å². The van der Waals surface area contributed by atoms with Gasteiger partial charge in [-0.1, -0.05) is 26.7 Å². The van der Waals surface area contributed by atoms with Gasteiger partial charge in [-0.15, -0.1) is 0 Å². The van der Waals surface area contributed by atoms with Crippen molar-refractivity contribution in [1.29, 1.82) is 0 Å². The zero-order chi connectivity index (χ0) is 18.2. The van der Waals surface area contributed by atoms with Crippen LogP contribution in [0, 0.1) is 11.8 Å². The van der Waals surface area contributed by atoms with Crippen molar-refractivity contribution in [3.05, 3.63) is 0 Å². The Bertz CT molecular complexity index is 556. The molecule has 4 amide bonds. The smallest absolute Gasteiger partial charge is 0.325 e. The fourth-order valence-electron chi connectivity index (χ4n) is 4.72. The van der Waals surface area contributed by atoms with E-state index in [2.05, 4.69) is 12.2 Å². The lowest BCUT2D eigenvalue weighted by molar-refractivity contribution is -0.141. The van der Waals surface area contributed by atoms with Crippen LogP contribution in [-0.2, 0) is 9.59 Å². The molecule has 140 valence electrons. The number of urea groups is 1. The largest absolute Gasteiger partial charge is 0.341 e. The van der Waals surface area contributed by atoms with Crippen LogP contribution in [0.4, 0.5) is 4.79 Å². The highest BCUT2D eigenvalue weighted by Gasteiger charge is 2.55. The minimum Gasteiger partial charge on any atom is -0.341 e. The number of hydrogen-bond acceptors (Lipinski definition) is 3. The Hall–Kier alpha value is -1.59. The van der Waals surface area contributed by atoms with E-state index in [0.29, 0.717) is 6.42 Å². The molecule has 2 atom stereocenters. The van der Waals surface area contributed by atoms with E-state index in [9.17, 15) is 14.4 Å². The molecule has 25 heavy (non-hydrogen) atoms. The molecule has 1 saturated heterocycles. The molecule has 0 aromatic carbocycles. The lowest BCUT2D eigenvalue weighted by Gasteiger charge is -2.37. The second kappa shape index (κ2) is 6.96. The first-order valence-electron chi connectivity index (χ1n) is 9.75. The Morgan fingerprint density at radius 1 is 1.16 bits per heavy atom. The van der Waals surface area contributed by atoms with Crippen molar-refractivity contribution in [2.45, 2.75) is 76.8 Å². The molecule has 3 aliphatic rings. The van der Waals surface area contributed by atoms with E-state index in [4.69, 9.17) is 0 Å². The average Bonchev–Trinajstić information content (AvgIpc) is 2.82. The summed E-state index contributed by atoms with van der Waals surface area (Å²) in [6.07, 6.45) is 7.92. The first kappa shape index (κ1) is 18.2. The summed E-state index contributed by atoms with van der Waals surface area (Å²) >= 11 is 0. The van der Waals surface area contributed by atoms with Crippen molar-refractivity contribution >= 4 is 17.8 Å². The molecule has 0 radical (unpaired) electrons. The van der Waals surface area contributed by atoms with Crippen LogP contribution < -0.4 is 5.32 Å². The summed E-state index contributed by atoms with van der Waals surface area (Å²) in [5.74, 6) is 0.501. The number of carbonyl (C=O) groups excluding carboxylic acids is 3. The summed E-state index contributed by atoms with van der Waals surface area (Å²) in [5, 5.41) is 2.92. The maximum Gasteiger partial charge on any atom is 0.325 e. The Labute approximate surface area is 150 Å². The first-order valence-corrected chi connectivity index (χ1v) is 9.75. The van der Waals surface area contributed by atoms with Crippen LogP contribution in [0.2, 0.25) is 0 Å². The van der Waals surface area contributed by atoms with Crippen LogP contribution in [0.3, 0.4) is 0 Å². The van der Waals surface area contributed by atoms with E-state index in [1.165, 1.54) is 0 Å². The number of nitrogens with one attached hydrogen (secondary N) is 1. The molecule has 3 fully saturated rings. The molecule has 1 spiro atoms. The number of carbonyl (C=O) groups is 3. The summed E-state index contributed by atoms with van der Waals surface area (Å²) in [5.41, 5.74) is -0.783. The van der Waals surface area contributed by atoms with Crippen LogP contribution in [0.15, 0.2) is 0 Å². The highest BCUT2D eigenvalue weighted by molar-refractivity contribution is 6.09. The zero-order valence-corrected chi connectivity index (χ0v) is 15.7. The molecule has 1 N–H and O–H groups in total. The number of amides is 4. The fraction of sp³-hybridized carbons (Fsp3) is 0.842. The minimum absolute atomic E-state index is 0.121. The van der Waals surface area contributed by atoms with Crippen LogP contribution in [0.5, 0.6) is 0 Å². The maximum atomic E-state index is 13.0. The van der Waals surface area contributed by atoms with Gasteiger partial charge in [0.25, 0.3) is 5.91 Å². The van der Waals surface area contributed by atoms with Gasteiger partial charge in [0.1, 0.15) is 12.1 Å². The summed E-state index contributed by atoms with van der Waals surface area (Å²) in [6, 6.07) is -0.176. The van der Waals surface area contributed by atoms with E-state index in [-0.39, 0.29) is 30.3 Å². The predicted octanol–water partition coefficient (Wildman–Crippen LogP) is 2.52. The van der Waals surface area contributed by atoms with Gasteiger partial charge in [-0.25, -0.2) is 4.79 Å². The van der Waals surface area contributed by atoms with Crippen LogP contribution in [0.25, 0.3) is 0 Å². The molecule has 1 heterocycles. The molecule has 2 saturated carbocycles. The van der Waals surface area contributed by atoms with Crippen molar-refractivity contribution in [3.63, 3.8) is 0 Å². The van der Waals surface area contributed by atoms with E-state index in [1.54, 1.807) is 11.9 Å². The number of hydrogen-bond donors (Lipinski definition) is 1. The molecule has 6 heteroatoms. The van der Waals surface area contributed by atoms with Crippen molar-refractivity contribution in [2.24, 2.45) is 11.8 Å². The lowest BCUT2D eigenvalue weighted by Crippen LogP contribution is -2.54. The fourth-order valence-corrected chi connectivity index (χ4v) is 4.72. The number of likely N-dealkylation sites (N-methyl/N-ethyl adjacent to an activating group) is 1. The van der Waals surface area contributed by atoms with Crippen LogP contribution in [-0.4, -0.2) is 52.8 Å². The average molecular weight is 349 g/mol. The maximum absolute atomic E-state index is 13.0. The third kappa shape index (κ3) is 3.27. The van der Waals surface area contributed by atoms with Crippen LogP contribution in [0.1, 0.15) is 65.2 Å². The number of imide groups is 1. The Balaban J connectivity index is 1.65. The molecule has 1 aliphatic heterocycles. The number of nitrogens with zero attached hydrogens (tertiary/aromatic N) is 2. The van der Waals surface area contributed by atoms with E-state index in [1.807, 2.05) is 6.92 Å². The topological polar surface area (TPSA) is 69.7 Å². The third-order valence-corrected chi connectivity index (χ3v) is 6.72. The second-order valence-electron chi connectivity index (χ2n) is 8.36. The van der Waals surface area contributed by atoms with E-state index >= 15 is 0 Å². The first-order chi connectivity index (χ1) is 11.8. The van der Waals surface area contributed by atoms with Crippen molar-refractivity contribution in [3.8, 4) is 0 Å². The summed E-state index contributed by atoms with van der Waals surface area (Å²) in [4.78, 5) is 40.9. The summed E-state index contributed by atoms with van der Waals surface area (Å²) in [7, 11) is 1.81. The highest BCUT2D eigenvalue weighted by atomic mass is 16.2. The quantitative estimate of drug-likeness (QED) is 0.796. The van der Waals surface area contributed by atoms with E-state index < -0.39 is 11.6 Å². The second-order valence-corrected chi connectivity index (χ2v) is 8.36. The monoisotopic (exact) mass is 349 g/mol. The van der Waals surface area contributed by atoms with Crippen molar-refractivity contribution in [1.82, 2.24) is 15.1 Å². The van der Waals surface area contributed by atoms with Gasteiger partial charge >= 0.3 is 6.03 Å². The Morgan fingerprint density at radius 3 is 2.48 bits per heavy atom. The lowest BCUT2D eigenvalue weighted by atomic mass is 9.73. The van der Waals surface area contributed by atoms with Crippen molar-refractivity contribution < 1.29 is 14.4 Å². The standard InChI is InChI=1S/C19H31N3O3/c1-13-7-9-15(10-8-13)21(3)16(23)12-22-17(24)19(20-18(22)25)11-5-4-6-14(19)2/h13-15H,4-12H2,1-3H3,(H,20,25)/t13?,14-,15?,19-/m0/s1. The van der Waals surface area contributed by atoms with E-state index in [0.717, 1.165) is 55.8 Å². The van der Waals surface area contributed by atoms with Gasteiger partial charge in [-0.05, 0) is 50.4 Å². The predicted molar refractivity (Wildman–Crippen MR) is 94.8 cm³/mol. The normalized spacial score (nSPS) is 35.8. The zero-order valence-electron chi connectivity index (χ0n) is 15.7. The van der Waals surface area contributed by atoms with Gasteiger partial charge in [0, 0.05) is 13.1 Å². The summed E-state index contributed by atoms with van der Waals surface area (Å²) in [6.45, 7) is 4.13.